The Morgan fingerprint density at radius 3 is 2.70 bits per heavy atom. The number of methoxy groups -OCH3 is 1. The van der Waals surface area contributed by atoms with Crippen molar-refractivity contribution in [2.24, 2.45) is 7.05 Å². The number of pyridine rings is 1. The van der Waals surface area contributed by atoms with Crippen LogP contribution in [-0.2, 0) is 18.0 Å². The lowest BCUT2D eigenvalue weighted by atomic mass is 10.3. The molecule has 3 rings (SSSR count). The van der Waals surface area contributed by atoms with Crippen molar-refractivity contribution in [2.45, 2.75) is 4.90 Å². The van der Waals surface area contributed by atoms with Crippen molar-refractivity contribution < 1.29 is 13.3 Å². The van der Waals surface area contributed by atoms with E-state index >= 15 is 0 Å². The summed E-state index contributed by atoms with van der Waals surface area (Å²) in [6.07, 6.45) is 0. The molecule has 6 nitrogen and oxygen atoms in total. The highest BCUT2D eigenvalue weighted by molar-refractivity contribution is 9.10. The van der Waals surface area contributed by atoms with Gasteiger partial charge in [-0.3, -0.25) is 14.1 Å². The van der Waals surface area contributed by atoms with Crippen LogP contribution in [0, 0.1) is 5.82 Å². The number of hydrogen-bond acceptors (Lipinski definition) is 5. The van der Waals surface area contributed by atoms with Crippen molar-refractivity contribution in [2.75, 3.05) is 17.1 Å². The molecule has 0 spiro atoms. The maximum atomic E-state index is 14.3. The molecule has 1 aromatic carbocycles. The molecule has 0 bridgehead atoms. The van der Waals surface area contributed by atoms with E-state index in [0.29, 0.717) is 9.37 Å². The van der Waals surface area contributed by atoms with Crippen LogP contribution in [0.2, 0.25) is 0 Å². The van der Waals surface area contributed by atoms with Gasteiger partial charge >= 0.3 is 0 Å². The molecule has 0 radical (unpaired) electrons. The van der Waals surface area contributed by atoms with E-state index < -0.39 is 16.8 Å². The van der Waals surface area contributed by atoms with Crippen LogP contribution in [0.15, 0.2) is 55.3 Å². The molecule has 2 aromatic heterocycles. The third-order valence-corrected chi connectivity index (χ3v) is 6.11. The van der Waals surface area contributed by atoms with E-state index in [-0.39, 0.29) is 28.5 Å². The number of anilines is 3. The van der Waals surface area contributed by atoms with Crippen molar-refractivity contribution in [3.63, 3.8) is 0 Å². The van der Waals surface area contributed by atoms with Gasteiger partial charge in [0.1, 0.15) is 17.3 Å². The van der Waals surface area contributed by atoms with E-state index in [1.54, 1.807) is 17.5 Å². The Hall–Kier alpha value is -2.17. The minimum Gasteiger partial charge on any atom is -0.494 e. The average Bonchev–Trinajstić information content (AvgIpc) is 3.17. The number of halogens is 2. The highest BCUT2D eigenvalue weighted by Gasteiger charge is 2.19. The molecule has 27 heavy (non-hydrogen) atoms. The summed E-state index contributed by atoms with van der Waals surface area (Å²) >= 11 is 4.62. The average molecular weight is 472 g/mol. The zero-order chi connectivity index (χ0) is 19.6. The van der Waals surface area contributed by atoms with Crippen LogP contribution in [0.1, 0.15) is 0 Å². The van der Waals surface area contributed by atoms with E-state index in [2.05, 4.69) is 26.0 Å². The summed E-state index contributed by atoms with van der Waals surface area (Å²) < 4.78 is 36.9. The molecule has 0 saturated heterocycles. The third kappa shape index (κ3) is 4.23. The summed E-state index contributed by atoms with van der Waals surface area (Å²) in [5.74, 6) is -0.0876. The molecule has 2 heterocycles. The van der Waals surface area contributed by atoms with Crippen molar-refractivity contribution in [3.05, 3.63) is 61.7 Å². The van der Waals surface area contributed by atoms with Crippen molar-refractivity contribution in [3.8, 4) is 5.75 Å². The maximum Gasteiger partial charge on any atom is 0.255 e. The Labute approximate surface area is 169 Å². The SMILES string of the molecule is COc1cc(=O)n(C)c(Nc2ccc(Br)cc2F)c1NS(=O)c1ccsc1. The summed E-state index contributed by atoms with van der Waals surface area (Å²) in [6, 6.07) is 7.50. The van der Waals surface area contributed by atoms with Crippen LogP contribution in [0.5, 0.6) is 5.75 Å². The van der Waals surface area contributed by atoms with Gasteiger partial charge in [0.05, 0.1) is 17.7 Å². The van der Waals surface area contributed by atoms with Gasteiger partial charge in [-0.25, -0.2) is 8.60 Å². The van der Waals surface area contributed by atoms with Crippen molar-refractivity contribution >= 4 is 55.4 Å². The van der Waals surface area contributed by atoms with Gasteiger partial charge in [0.15, 0.2) is 16.7 Å². The van der Waals surface area contributed by atoms with Crippen molar-refractivity contribution in [1.82, 2.24) is 4.57 Å². The Kier molecular flexibility index (Phi) is 5.98. The van der Waals surface area contributed by atoms with Crippen LogP contribution in [0.3, 0.4) is 0 Å². The molecule has 2 N–H and O–H groups in total. The quantitative estimate of drug-likeness (QED) is 0.563. The van der Waals surface area contributed by atoms with E-state index in [1.165, 1.54) is 48.3 Å². The largest absolute Gasteiger partial charge is 0.494 e. The molecular formula is C17H15BrFN3O3S2. The number of rotatable bonds is 6. The maximum absolute atomic E-state index is 14.3. The molecule has 0 saturated carbocycles. The minimum atomic E-state index is -1.58. The van der Waals surface area contributed by atoms with Crippen molar-refractivity contribution in [1.29, 1.82) is 0 Å². The standard InChI is InChI=1S/C17H15BrFN3O3S2/c1-22-15(23)8-14(25-2)16(21-27(24)11-5-6-26-9-11)17(22)20-13-4-3-10(18)7-12(13)19/h3-9,20-21H,1-2H3. The summed E-state index contributed by atoms with van der Waals surface area (Å²) in [5.41, 5.74) is 0.0796. The smallest absolute Gasteiger partial charge is 0.255 e. The van der Waals surface area contributed by atoms with E-state index in [4.69, 9.17) is 4.74 Å². The van der Waals surface area contributed by atoms with Gasteiger partial charge in [0, 0.05) is 23.0 Å². The van der Waals surface area contributed by atoms with Gasteiger partial charge in [0.2, 0.25) is 0 Å². The van der Waals surface area contributed by atoms with Crippen LogP contribution < -0.4 is 20.3 Å². The monoisotopic (exact) mass is 471 g/mol. The molecule has 3 aromatic rings. The second kappa shape index (κ2) is 8.24. The Balaban J connectivity index is 2.09. The first kappa shape index (κ1) is 19.6. The highest BCUT2D eigenvalue weighted by atomic mass is 79.9. The highest BCUT2D eigenvalue weighted by Crippen LogP contribution is 2.34. The normalized spacial score (nSPS) is 11.9. The van der Waals surface area contributed by atoms with E-state index in [0.717, 1.165) is 0 Å². The van der Waals surface area contributed by atoms with E-state index in [9.17, 15) is 13.4 Å². The van der Waals surface area contributed by atoms with Crippen LogP contribution in [-0.4, -0.2) is 15.9 Å². The lowest BCUT2D eigenvalue weighted by molar-refractivity contribution is 0.415. The van der Waals surface area contributed by atoms with Crippen LogP contribution >= 0.6 is 27.3 Å². The molecule has 0 aliphatic rings. The molecule has 1 unspecified atom stereocenters. The molecule has 0 fully saturated rings. The summed E-state index contributed by atoms with van der Waals surface area (Å²) in [4.78, 5) is 12.8. The predicted molar refractivity (Wildman–Crippen MR) is 110 cm³/mol. The summed E-state index contributed by atoms with van der Waals surface area (Å²) in [5, 5.41) is 6.45. The minimum absolute atomic E-state index is 0.158. The zero-order valence-corrected chi connectivity index (χ0v) is 17.5. The van der Waals surface area contributed by atoms with Gasteiger partial charge in [-0.2, -0.15) is 11.3 Å². The second-order valence-electron chi connectivity index (χ2n) is 5.41. The number of aromatic nitrogens is 1. The fourth-order valence-corrected chi connectivity index (χ4v) is 4.45. The zero-order valence-electron chi connectivity index (χ0n) is 14.3. The molecule has 0 aliphatic carbocycles. The number of nitrogens with one attached hydrogen (secondary N) is 2. The van der Waals surface area contributed by atoms with Gasteiger partial charge in [-0.15, -0.1) is 0 Å². The Bertz CT molecular complexity index is 1050. The van der Waals surface area contributed by atoms with Gasteiger partial charge in [0.25, 0.3) is 5.56 Å². The topological polar surface area (TPSA) is 72.4 Å². The van der Waals surface area contributed by atoms with Crippen LogP contribution in [0.4, 0.5) is 21.6 Å². The summed E-state index contributed by atoms with van der Waals surface area (Å²) in [6.45, 7) is 0. The fourth-order valence-electron chi connectivity index (χ4n) is 2.31. The number of hydrogen-bond donors (Lipinski definition) is 2. The van der Waals surface area contributed by atoms with Gasteiger partial charge in [-0.1, -0.05) is 15.9 Å². The Morgan fingerprint density at radius 2 is 2.07 bits per heavy atom. The molecule has 0 amide bonds. The van der Waals surface area contributed by atoms with E-state index in [1.807, 2.05) is 5.38 Å². The predicted octanol–water partition coefficient (Wildman–Crippen LogP) is 4.24. The number of nitrogens with zero attached hydrogens (tertiary/aromatic N) is 1. The number of benzene rings is 1. The fraction of sp³-hybridized carbons (Fsp3) is 0.118. The molecular weight excluding hydrogens is 457 g/mol. The molecule has 0 aliphatic heterocycles. The number of ether oxygens (including phenoxy) is 1. The number of thiophene rings is 1. The van der Waals surface area contributed by atoms with Crippen LogP contribution in [0.25, 0.3) is 0 Å². The first-order valence-corrected chi connectivity index (χ1v) is 10.5. The lowest BCUT2D eigenvalue weighted by Crippen LogP contribution is -2.22. The van der Waals surface area contributed by atoms with Gasteiger partial charge < -0.3 is 10.1 Å². The second-order valence-corrected chi connectivity index (χ2v) is 8.32. The lowest BCUT2D eigenvalue weighted by Gasteiger charge is -2.19. The summed E-state index contributed by atoms with van der Waals surface area (Å²) in [7, 11) is 1.34. The third-order valence-electron chi connectivity index (χ3n) is 3.71. The Morgan fingerprint density at radius 1 is 1.30 bits per heavy atom. The first-order chi connectivity index (χ1) is 12.9. The molecule has 10 heteroatoms. The molecule has 142 valence electrons. The molecule has 1 atom stereocenters. The first-order valence-electron chi connectivity index (χ1n) is 7.61. The van der Waals surface area contributed by atoms with Gasteiger partial charge in [-0.05, 0) is 29.6 Å².